The van der Waals surface area contributed by atoms with Gasteiger partial charge in [-0.2, -0.15) is 5.10 Å². The summed E-state index contributed by atoms with van der Waals surface area (Å²) in [6.45, 7) is 8.75. The number of carbonyl (C=O) groups is 5. The molecule has 4 N–H and O–H groups in total. The summed E-state index contributed by atoms with van der Waals surface area (Å²) in [5.74, 6) is 1.02. The summed E-state index contributed by atoms with van der Waals surface area (Å²) in [6.07, 6.45) is 9.08. The molecule has 3 saturated heterocycles. The van der Waals surface area contributed by atoms with Gasteiger partial charge in [-0.3, -0.25) is 39.4 Å². The number of piperazine rings is 1. The number of aromatic nitrogens is 4. The third kappa shape index (κ3) is 12.7. The highest BCUT2D eigenvalue weighted by molar-refractivity contribution is 6.05. The molecule has 4 aliphatic heterocycles. The van der Waals surface area contributed by atoms with Gasteiger partial charge in [-0.15, -0.1) is 0 Å². The first kappa shape index (κ1) is 51.7. The number of fused-ring (bicyclic) bond motifs is 1. The normalized spacial score (nSPS) is 18.2. The van der Waals surface area contributed by atoms with E-state index in [1.165, 1.54) is 0 Å². The first-order chi connectivity index (χ1) is 36.0. The molecule has 0 spiro atoms. The Balaban J connectivity index is 0.622. The molecule has 0 radical (unpaired) electrons. The van der Waals surface area contributed by atoms with Gasteiger partial charge in [-0.1, -0.05) is 18.2 Å². The van der Waals surface area contributed by atoms with Gasteiger partial charge in [-0.05, 0) is 131 Å². The molecule has 5 amide bonds. The Bertz CT molecular complexity index is 2760. The van der Waals surface area contributed by atoms with Crippen molar-refractivity contribution in [1.82, 2.24) is 45.5 Å². The molecule has 2 aromatic heterocycles. The number of aromatic amines is 1. The molecule has 3 fully saturated rings. The van der Waals surface area contributed by atoms with Crippen molar-refractivity contribution in [2.45, 2.75) is 82.5 Å². The molecule has 5 aromatic rings. The van der Waals surface area contributed by atoms with Crippen LogP contribution >= 0.6 is 0 Å². The third-order valence-electron chi connectivity index (χ3n) is 14.4. The fourth-order valence-corrected chi connectivity index (χ4v) is 10.0. The van der Waals surface area contributed by atoms with Crippen LogP contribution in [0.4, 0.5) is 11.4 Å². The number of nitrogens with zero attached hydrogens (tertiary/aromatic N) is 7. The van der Waals surface area contributed by atoms with E-state index in [0.29, 0.717) is 88.9 Å². The summed E-state index contributed by atoms with van der Waals surface area (Å²) < 4.78 is 17.6. The lowest BCUT2D eigenvalue weighted by Gasteiger charge is -2.40. The predicted octanol–water partition coefficient (Wildman–Crippen LogP) is 5.47. The van der Waals surface area contributed by atoms with E-state index in [1.54, 1.807) is 17.3 Å². The van der Waals surface area contributed by atoms with E-state index in [1.807, 2.05) is 90.7 Å². The van der Waals surface area contributed by atoms with Crippen molar-refractivity contribution in [3.05, 3.63) is 119 Å². The lowest BCUT2D eigenvalue weighted by Crippen LogP contribution is -2.52. The SMILES string of the molecule is CC(NC(=O)c1cccc(NC2(c3nc(-c4ccncc4)n[nH]3)CCN(C)CC2)c1)c1cccc(OCCCCCOCCCOCC(=O)N2CCN(c3ccc4c(c3)CN(C3CCC(=O)NC3=O)C4=O)CC2)c1. The van der Waals surface area contributed by atoms with Gasteiger partial charge < -0.3 is 44.4 Å². The largest absolute Gasteiger partial charge is 0.494 e. The number of imide groups is 1. The number of anilines is 2. The van der Waals surface area contributed by atoms with Crippen LogP contribution < -0.4 is 25.6 Å². The maximum Gasteiger partial charge on any atom is 0.255 e. The Morgan fingerprint density at radius 2 is 1.61 bits per heavy atom. The number of carbonyl (C=O) groups excluding carboxylic acids is 5. The van der Waals surface area contributed by atoms with Gasteiger partial charge in [0.25, 0.3) is 11.8 Å². The molecule has 3 aromatic carbocycles. The maximum absolute atomic E-state index is 13.6. The van der Waals surface area contributed by atoms with Crippen LogP contribution in [-0.4, -0.2) is 150 Å². The summed E-state index contributed by atoms with van der Waals surface area (Å²) >= 11 is 0. The van der Waals surface area contributed by atoms with Crippen LogP contribution in [0.5, 0.6) is 5.75 Å². The molecule has 6 heterocycles. The van der Waals surface area contributed by atoms with E-state index in [9.17, 15) is 24.0 Å². The average molecular weight is 1010 g/mol. The Hall–Kier alpha value is -7.22. The van der Waals surface area contributed by atoms with E-state index in [4.69, 9.17) is 19.2 Å². The van der Waals surface area contributed by atoms with Crippen LogP contribution in [0, 0.1) is 0 Å². The van der Waals surface area contributed by atoms with E-state index in [-0.39, 0.29) is 42.7 Å². The highest BCUT2D eigenvalue weighted by atomic mass is 16.5. The van der Waals surface area contributed by atoms with Crippen LogP contribution in [0.25, 0.3) is 11.4 Å². The van der Waals surface area contributed by atoms with Crippen LogP contribution in [0.15, 0.2) is 91.3 Å². The number of amides is 5. The van der Waals surface area contributed by atoms with E-state index < -0.39 is 17.5 Å². The van der Waals surface area contributed by atoms with Gasteiger partial charge in [0, 0.05) is 113 Å². The number of piperidine rings is 2. The molecule has 390 valence electrons. The molecule has 2 atom stereocenters. The molecular weight excluding hydrogens is 943 g/mol. The molecule has 19 heteroatoms. The van der Waals surface area contributed by atoms with Gasteiger partial charge in [-0.25, -0.2) is 4.98 Å². The first-order valence-corrected chi connectivity index (χ1v) is 25.9. The number of hydrogen-bond donors (Lipinski definition) is 4. The van der Waals surface area contributed by atoms with E-state index >= 15 is 0 Å². The number of likely N-dealkylation sites (tertiary alicyclic amines) is 1. The van der Waals surface area contributed by atoms with Crippen molar-refractivity contribution in [3.63, 3.8) is 0 Å². The van der Waals surface area contributed by atoms with Crippen LogP contribution in [0.3, 0.4) is 0 Å². The van der Waals surface area contributed by atoms with Gasteiger partial charge in [0.1, 0.15) is 18.4 Å². The van der Waals surface area contributed by atoms with E-state index in [2.05, 4.69) is 48.0 Å². The monoisotopic (exact) mass is 1010 g/mol. The van der Waals surface area contributed by atoms with Gasteiger partial charge in [0.05, 0.1) is 18.2 Å². The number of H-pyrrole nitrogens is 1. The van der Waals surface area contributed by atoms with Gasteiger partial charge in [0.2, 0.25) is 17.7 Å². The van der Waals surface area contributed by atoms with Crippen molar-refractivity contribution in [2.24, 2.45) is 0 Å². The van der Waals surface area contributed by atoms with E-state index in [0.717, 1.165) is 84.8 Å². The third-order valence-corrected chi connectivity index (χ3v) is 14.4. The van der Waals surface area contributed by atoms with Crippen molar-refractivity contribution in [1.29, 1.82) is 0 Å². The molecular formula is C55H67N11O8. The molecule has 0 aliphatic carbocycles. The summed E-state index contributed by atoms with van der Waals surface area (Å²) in [7, 11) is 2.12. The van der Waals surface area contributed by atoms with Crippen molar-refractivity contribution in [3.8, 4) is 17.1 Å². The molecule has 4 aliphatic rings. The Labute approximate surface area is 431 Å². The summed E-state index contributed by atoms with van der Waals surface area (Å²) in [5, 5.41) is 17.0. The Morgan fingerprint density at radius 3 is 2.42 bits per heavy atom. The smallest absolute Gasteiger partial charge is 0.255 e. The zero-order valence-corrected chi connectivity index (χ0v) is 42.4. The lowest BCUT2D eigenvalue weighted by molar-refractivity contribution is -0.137. The number of hydrogen-bond acceptors (Lipinski definition) is 14. The number of unbranched alkanes of at least 4 members (excludes halogenated alkanes) is 2. The fourth-order valence-electron chi connectivity index (χ4n) is 10.0. The molecule has 74 heavy (non-hydrogen) atoms. The van der Waals surface area contributed by atoms with Crippen LogP contribution in [-0.2, 0) is 35.9 Å². The molecule has 0 bridgehead atoms. The fraction of sp³-hybridized carbons (Fsp3) is 0.455. The molecule has 9 rings (SSSR count). The quantitative estimate of drug-likeness (QED) is 0.0500. The summed E-state index contributed by atoms with van der Waals surface area (Å²) in [4.78, 5) is 80.6. The second kappa shape index (κ2) is 24.2. The minimum absolute atomic E-state index is 0.0296. The maximum atomic E-state index is 13.6. The second-order valence-electron chi connectivity index (χ2n) is 19.6. The number of ether oxygens (including phenoxy) is 3. The average Bonchev–Trinajstić information content (AvgIpc) is 4.05. The Morgan fingerprint density at radius 1 is 0.838 bits per heavy atom. The number of pyridine rings is 1. The number of benzene rings is 3. The van der Waals surface area contributed by atoms with Crippen molar-refractivity contribution >= 4 is 40.9 Å². The Kier molecular flexibility index (Phi) is 16.9. The second-order valence-corrected chi connectivity index (χ2v) is 19.6. The molecule has 19 nitrogen and oxygen atoms in total. The molecule has 2 unspecified atom stereocenters. The molecule has 0 saturated carbocycles. The minimum atomic E-state index is -0.645. The zero-order chi connectivity index (χ0) is 51.4. The minimum Gasteiger partial charge on any atom is -0.494 e. The lowest BCUT2D eigenvalue weighted by atomic mass is 9.86. The van der Waals surface area contributed by atoms with Crippen molar-refractivity contribution in [2.75, 3.05) is 89.6 Å². The van der Waals surface area contributed by atoms with Crippen LogP contribution in [0.1, 0.15) is 102 Å². The zero-order valence-electron chi connectivity index (χ0n) is 42.4. The standard InChI is InChI=1S/C55H67N11O8/c1-38(57-51(69)41-10-6-11-43(33-41)60-55(19-23-63(2)24-20-55)54-59-50(61-62-54)39-17-21-56-22-18-39)40-9-7-12-45(35-40)74-32-5-3-4-29-72-30-8-31-73-37-49(68)65-27-25-64(26-28-65)44-13-14-46-42(34-44)36-66(53(46)71)47-15-16-48(67)58-52(47)70/h6-7,9-14,17-18,21-22,33-35,38,47,60H,3-5,8,15-16,19-20,23-32,36-37H2,1-2H3,(H,57,69)(H,58,67,70)(H,59,61,62). The first-order valence-electron chi connectivity index (χ1n) is 25.9. The topological polar surface area (TPSA) is 217 Å². The summed E-state index contributed by atoms with van der Waals surface area (Å²) in [6, 6.07) is 24.1. The van der Waals surface area contributed by atoms with Crippen LogP contribution in [0.2, 0.25) is 0 Å². The highest BCUT2D eigenvalue weighted by Gasteiger charge is 2.40. The van der Waals surface area contributed by atoms with Gasteiger partial charge >= 0.3 is 0 Å². The predicted molar refractivity (Wildman–Crippen MR) is 277 cm³/mol. The number of nitrogens with one attached hydrogen (secondary N) is 4. The summed E-state index contributed by atoms with van der Waals surface area (Å²) in [5.41, 5.74) is 5.16. The number of rotatable bonds is 22. The highest BCUT2D eigenvalue weighted by Crippen LogP contribution is 2.36. The van der Waals surface area contributed by atoms with Crippen molar-refractivity contribution < 1.29 is 38.2 Å². The van der Waals surface area contributed by atoms with Gasteiger partial charge in [0.15, 0.2) is 11.6 Å².